The third-order valence-corrected chi connectivity index (χ3v) is 2.42. The van der Waals surface area contributed by atoms with Crippen LogP contribution in [0.4, 0.5) is 0 Å². The minimum Gasteiger partial charge on any atom is -0.389 e. The maximum Gasteiger partial charge on any atom is 0.130 e. The average Bonchev–Trinajstić information content (AvgIpc) is 2.28. The highest BCUT2D eigenvalue weighted by atomic mass is 16.5. The van der Waals surface area contributed by atoms with E-state index in [4.69, 9.17) is 9.47 Å². The van der Waals surface area contributed by atoms with E-state index in [-0.39, 0.29) is 0 Å². The zero-order chi connectivity index (χ0) is 12.7. The molecule has 5 nitrogen and oxygen atoms in total. The van der Waals surface area contributed by atoms with Crippen LogP contribution in [0, 0.1) is 6.92 Å². The van der Waals surface area contributed by atoms with E-state index in [9.17, 15) is 5.11 Å². The standard InChI is InChI=1S/C12H20N2O3/c1-9-11(10(2)15)8-13-12(14-9)4-5-17-7-6-16-3/h8,10,15H,4-7H2,1-3H3/t10-/m1/s1. The Labute approximate surface area is 102 Å². The fourth-order valence-corrected chi connectivity index (χ4v) is 1.46. The molecule has 1 N–H and O–H groups in total. The normalized spacial score (nSPS) is 12.7. The van der Waals surface area contributed by atoms with Crippen LogP contribution in [0.15, 0.2) is 6.20 Å². The molecule has 0 aliphatic heterocycles. The van der Waals surface area contributed by atoms with Crippen molar-refractivity contribution < 1.29 is 14.6 Å². The first-order valence-electron chi connectivity index (χ1n) is 5.72. The number of methoxy groups -OCH3 is 1. The van der Waals surface area contributed by atoms with Crippen molar-refractivity contribution in [2.45, 2.75) is 26.4 Å². The van der Waals surface area contributed by atoms with E-state index >= 15 is 0 Å². The first kappa shape index (κ1) is 14.0. The van der Waals surface area contributed by atoms with E-state index in [0.717, 1.165) is 17.1 Å². The van der Waals surface area contributed by atoms with E-state index in [2.05, 4.69) is 9.97 Å². The number of nitrogens with zero attached hydrogens (tertiary/aromatic N) is 2. The number of aliphatic hydroxyl groups excluding tert-OH is 1. The Hall–Kier alpha value is -1.04. The van der Waals surface area contributed by atoms with Crippen molar-refractivity contribution in [1.82, 2.24) is 9.97 Å². The summed E-state index contributed by atoms with van der Waals surface area (Å²) in [7, 11) is 1.64. The quantitative estimate of drug-likeness (QED) is 0.721. The van der Waals surface area contributed by atoms with Crippen LogP contribution in [0.5, 0.6) is 0 Å². The molecule has 0 amide bonds. The molecule has 0 unspecified atom stereocenters. The maximum absolute atomic E-state index is 9.45. The lowest BCUT2D eigenvalue weighted by molar-refractivity contribution is 0.0716. The minimum absolute atomic E-state index is 0.526. The van der Waals surface area contributed by atoms with Gasteiger partial charge in [-0.15, -0.1) is 0 Å². The second-order valence-electron chi connectivity index (χ2n) is 3.86. The molecule has 0 aliphatic carbocycles. The number of aryl methyl sites for hydroxylation is 1. The third kappa shape index (κ3) is 4.77. The Morgan fingerprint density at radius 3 is 2.71 bits per heavy atom. The zero-order valence-electron chi connectivity index (χ0n) is 10.6. The summed E-state index contributed by atoms with van der Waals surface area (Å²) in [5, 5.41) is 9.45. The molecule has 1 aromatic rings. The Balaban J connectivity index is 2.42. The van der Waals surface area contributed by atoms with Crippen molar-refractivity contribution in [2.24, 2.45) is 0 Å². The van der Waals surface area contributed by atoms with E-state index in [1.807, 2.05) is 6.92 Å². The molecule has 0 aliphatic rings. The number of hydrogen-bond acceptors (Lipinski definition) is 5. The van der Waals surface area contributed by atoms with Gasteiger partial charge in [0, 0.05) is 31.0 Å². The third-order valence-electron chi connectivity index (χ3n) is 2.42. The number of aliphatic hydroxyl groups is 1. The molecule has 1 atom stereocenters. The topological polar surface area (TPSA) is 64.5 Å². The molecule has 1 aromatic heterocycles. The average molecular weight is 240 g/mol. The number of ether oxygens (including phenoxy) is 2. The molecule has 0 spiro atoms. The molecular weight excluding hydrogens is 220 g/mol. The highest BCUT2D eigenvalue weighted by molar-refractivity contribution is 5.18. The van der Waals surface area contributed by atoms with Crippen LogP contribution in [0.1, 0.15) is 30.1 Å². The molecule has 0 saturated carbocycles. The van der Waals surface area contributed by atoms with E-state index in [1.54, 1.807) is 20.2 Å². The smallest absolute Gasteiger partial charge is 0.130 e. The van der Waals surface area contributed by atoms with Crippen molar-refractivity contribution in [3.8, 4) is 0 Å². The number of rotatable bonds is 7. The Morgan fingerprint density at radius 2 is 2.12 bits per heavy atom. The molecule has 1 heterocycles. The van der Waals surface area contributed by atoms with Gasteiger partial charge in [-0.05, 0) is 13.8 Å². The number of aromatic nitrogens is 2. The summed E-state index contributed by atoms with van der Waals surface area (Å²) >= 11 is 0. The predicted molar refractivity (Wildman–Crippen MR) is 63.8 cm³/mol. The largest absolute Gasteiger partial charge is 0.389 e. The SMILES string of the molecule is COCCOCCc1ncc([C@@H](C)O)c(C)n1. The van der Waals surface area contributed by atoms with Crippen molar-refractivity contribution in [1.29, 1.82) is 0 Å². The van der Waals surface area contributed by atoms with Gasteiger partial charge in [0.25, 0.3) is 0 Å². The fourth-order valence-electron chi connectivity index (χ4n) is 1.46. The van der Waals surface area contributed by atoms with Crippen LogP contribution in [-0.4, -0.2) is 42.0 Å². The maximum atomic E-state index is 9.45. The monoisotopic (exact) mass is 240 g/mol. The Kier molecular flexibility index (Phi) is 6.04. The molecule has 0 aromatic carbocycles. The second-order valence-corrected chi connectivity index (χ2v) is 3.86. The molecular formula is C12H20N2O3. The summed E-state index contributed by atoms with van der Waals surface area (Å²) in [5.41, 5.74) is 1.59. The molecule has 0 bridgehead atoms. The summed E-state index contributed by atoms with van der Waals surface area (Å²) in [4.78, 5) is 8.53. The molecule has 0 fully saturated rings. The van der Waals surface area contributed by atoms with Crippen molar-refractivity contribution in [3.63, 3.8) is 0 Å². The summed E-state index contributed by atoms with van der Waals surface area (Å²) in [6, 6.07) is 0. The summed E-state index contributed by atoms with van der Waals surface area (Å²) < 4.78 is 10.2. The molecule has 96 valence electrons. The lowest BCUT2D eigenvalue weighted by atomic mass is 10.1. The van der Waals surface area contributed by atoms with Gasteiger partial charge in [0.15, 0.2) is 0 Å². The highest BCUT2D eigenvalue weighted by Crippen LogP contribution is 2.13. The van der Waals surface area contributed by atoms with Crippen LogP contribution in [0.2, 0.25) is 0 Å². The minimum atomic E-state index is -0.526. The van der Waals surface area contributed by atoms with Crippen LogP contribution in [-0.2, 0) is 15.9 Å². The van der Waals surface area contributed by atoms with Crippen LogP contribution < -0.4 is 0 Å². The Bertz CT molecular complexity index is 343. The van der Waals surface area contributed by atoms with Gasteiger partial charge in [-0.25, -0.2) is 9.97 Å². The van der Waals surface area contributed by atoms with Gasteiger partial charge in [0.05, 0.1) is 25.9 Å². The van der Waals surface area contributed by atoms with Crippen LogP contribution in [0.25, 0.3) is 0 Å². The van der Waals surface area contributed by atoms with Gasteiger partial charge in [-0.3, -0.25) is 0 Å². The molecule has 5 heteroatoms. The van der Waals surface area contributed by atoms with Crippen LogP contribution in [0.3, 0.4) is 0 Å². The van der Waals surface area contributed by atoms with Gasteiger partial charge in [-0.1, -0.05) is 0 Å². The molecule has 0 saturated heterocycles. The van der Waals surface area contributed by atoms with E-state index in [0.29, 0.717) is 26.2 Å². The first-order chi connectivity index (χ1) is 8.15. The summed E-state index contributed by atoms with van der Waals surface area (Å²) in [5.74, 6) is 0.740. The van der Waals surface area contributed by atoms with Gasteiger partial charge in [0.1, 0.15) is 5.82 Å². The van der Waals surface area contributed by atoms with E-state index in [1.165, 1.54) is 0 Å². The van der Waals surface area contributed by atoms with Gasteiger partial charge >= 0.3 is 0 Å². The summed E-state index contributed by atoms with van der Waals surface area (Å²) in [6.07, 6.45) is 1.82. The van der Waals surface area contributed by atoms with Crippen molar-refractivity contribution in [3.05, 3.63) is 23.3 Å². The van der Waals surface area contributed by atoms with Gasteiger partial charge < -0.3 is 14.6 Å². The van der Waals surface area contributed by atoms with Gasteiger partial charge in [-0.2, -0.15) is 0 Å². The van der Waals surface area contributed by atoms with Crippen molar-refractivity contribution in [2.75, 3.05) is 26.9 Å². The highest BCUT2D eigenvalue weighted by Gasteiger charge is 2.07. The predicted octanol–water partition coefficient (Wildman–Crippen LogP) is 1.04. The first-order valence-corrected chi connectivity index (χ1v) is 5.72. The molecule has 17 heavy (non-hydrogen) atoms. The van der Waals surface area contributed by atoms with Crippen molar-refractivity contribution >= 4 is 0 Å². The van der Waals surface area contributed by atoms with Gasteiger partial charge in [0.2, 0.25) is 0 Å². The lowest BCUT2D eigenvalue weighted by Gasteiger charge is -2.09. The van der Waals surface area contributed by atoms with Crippen LogP contribution >= 0.6 is 0 Å². The second kappa shape index (κ2) is 7.32. The zero-order valence-corrected chi connectivity index (χ0v) is 10.6. The Morgan fingerprint density at radius 1 is 1.35 bits per heavy atom. The summed E-state index contributed by atoms with van der Waals surface area (Å²) in [6.45, 7) is 5.34. The molecule has 0 radical (unpaired) electrons. The lowest BCUT2D eigenvalue weighted by Crippen LogP contribution is -2.09. The van der Waals surface area contributed by atoms with E-state index < -0.39 is 6.10 Å². The fraction of sp³-hybridized carbons (Fsp3) is 0.667. The molecule has 1 rings (SSSR count). The number of hydrogen-bond donors (Lipinski definition) is 1.